The second-order valence-electron chi connectivity index (χ2n) is 7.34. The Balaban J connectivity index is 1.61. The van der Waals surface area contributed by atoms with E-state index in [4.69, 9.17) is 21.1 Å². The Bertz CT molecular complexity index is 1310. The zero-order chi connectivity index (χ0) is 24.1. The molecule has 1 aromatic heterocycles. The van der Waals surface area contributed by atoms with E-state index in [1.165, 1.54) is 11.8 Å². The first kappa shape index (κ1) is 23.7. The van der Waals surface area contributed by atoms with E-state index in [0.717, 1.165) is 16.8 Å². The number of carbonyl (C=O) groups excluding carboxylic acids is 1. The number of hydrogen-bond donors (Lipinski definition) is 1. The minimum absolute atomic E-state index is 0.130. The lowest BCUT2D eigenvalue weighted by Crippen LogP contribution is -2.15. The smallest absolute Gasteiger partial charge is 0.234 e. The van der Waals surface area contributed by atoms with Gasteiger partial charge in [0.15, 0.2) is 11.0 Å². The van der Waals surface area contributed by atoms with Crippen LogP contribution < -0.4 is 14.8 Å². The third-order valence-electron chi connectivity index (χ3n) is 5.11. The molecular formula is C25H23ClN4O3S. The molecule has 0 bridgehead atoms. The number of rotatable bonds is 8. The number of anilines is 1. The average molecular weight is 495 g/mol. The van der Waals surface area contributed by atoms with E-state index < -0.39 is 0 Å². The van der Waals surface area contributed by atoms with Crippen LogP contribution in [0.3, 0.4) is 0 Å². The van der Waals surface area contributed by atoms with Crippen LogP contribution in [0.5, 0.6) is 11.5 Å². The zero-order valence-corrected chi connectivity index (χ0v) is 20.5. The molecule has 1 N–H and O–H groups in total. The number of thioether (sulfide) groups is 1. The van der Waals surface area contributed by atoms with Crippen molar-refractivity contribution in [3.63, 3.8) is 0 Å². The van der Waals surface area contributed by atoms with Crippen LogP contribution in [0.15, 0.2) is 71.9 Å². The highest BCUT2D eigenvalue weighted by atomic mass is 35.5. The molecule has 1 heterocycles. The van der Waals surface area contributed by atoms with Gasteiger partial charge >= 0.3 is 0 Å². The van der Waals surface area contributed by atoms with Crippen LogP contribution in [-0.4, -0.2) is 40.6 Å². The van der Waals surface area contributed by atoms with Crippen molar-refractivity contribution in [2.75, 3.05) is 25.3 Å². The van der Waals surface area contributed by atoms with Crippen molar-refractivity contribution in [3.05, 3.63) is 77.3 Å². The first-order chi connectivity index (χ1) is 16.5. The van der Waals surface area contributed by atoms with Gasteiger partial charge in [0, 0.05) is 16.7 Å². The SMILES string of the molecule is COc1ccc(OC)c(NC(=O)CSc2nnc(-c3ccc(Cl)cc3)n2-c2ccccc2C)c1. The van der Waals surface area contributed by atoms with Crippen molar-refractivity contribution in [1.82, 2.24) is 14.8 Å². The molecule has 174 valence electrons. The van der Waals surface area contributed by atoms with Crippen molar-refractivity contribution >= 4 is 35.0 Å². The van der Waals surface area contributed by atoms with Gasteiger partial charge in [-0.15, -0.1) is 10.2 Å². The minimum atomic E-state index is -0.205. The predicted molar refractivity (Wildman–Crippen MR) is 135 cm³/mol. The van der Waals surface area contributed by atoms with Crippen molar-refractivity contribution in [1.29, 1.82) is 0 Å². The van der Waals surface area contributed by atoms with Crippen molar-refractivity contribution in [2.24, 2.45) is 0 Å². The van der Waals surface area contributed by atoms with Gasteiger partial charge in [0.2, 0.25) is 5.91 Å². The van der Waals surface area contributed by atoms with Crippen LogP contribution in [0, 0.1) is 6.92 Å². The molecule has 1 amide bonds. The zero-order valence-electron chi connectivity index (χ0n) is 18.9. The standard InChI is InChI=1S/C25H23ClN4O3S/c1-16-6-4-5-7-21(16)30-24(17-8-10-18(26)11-9-17)28-29-25(30)34-15-23(31)27-20-14-19(32-2)12-13-22(20)33-3/h4-14H,15H2,1-3H3,(H,27,31). The van der Waals surface area contributed by atoms with Gasteiger partial charge < -0.3 is 14.8 Å². The van der Waals surface area contributed by atoms with Gasteiger partial charge in [0.25, 0.3) is 0 Å². The van der Waals surface area contributed by atoms with Crippen LogP contribution in [-0.2, 0) is 4.79 Å². The third kappa shape index (κ3) is 5.18. The number of nitrogens with one attached hydrogen (secondary N) is 1. The van der Waals surface area contributed by atoms with Gasteiger partial charge in [0.05, 0.1) is 31.3 Å². The number of carbonyl (C=O) groups is 1. The molecule has 0 atom stereocenters. The van der Waals surface area contributed by atoms with Gasteiger partial charge in [-0.05, 0) is 55.0 Å². The number of nitrogens with zero attached hydrogens (tertiary/aromatic N) is 3. The van der Waals surface area contributed by atoms with Gasteiger partial charge in [-0.2, -0.15) is 0 Å². The van der Waals surface area contributed by atoms with Crippen molar-refractivity contribution in [3.8, 4) is 28.6 Å². The normalized spacial score (nSPS) is 10.7. The molecule has 0 fully saturated rings. The second-order valence-corrected chi connectivity index (χ2v) is 8.72. The molecule has 0 radical (unpaired) electrons. The molecular weight excluding hydrogens is 472 g/mol. The fourth-order valence-electron chi connectivity index (χ4n) is 3.41. The van der Waals surface area contributed by atoms with E-state index in [0.29, 0.717) is 33.2 Å². The third-order valence-corrected chi connectivity index (χ3v) is 6.29. The first-order valence-electron chi connectivity index (χ1n) is 10.4. The molecule has 9 heteroatoms. The molecule has 0 unspecified atom stereocenters. The molecule has 4 rings (SSSR count). The highest BCUT2D eigenvalue weighted by molar-refractivity contribution is 7.99. The fraction of sp³-hybridized carbons (Fsp3) is 0.160. The van der Waals surface area contributed by atoms with Crippen LogP contribution >= 0.6 is 23.4 Å². The maximum absolute atomic E-state index is 12.8. The summed E-state index contributed by atoms with van der Waals surface area (Å²) in [4.78, 5) is 12.8. The van der Waals surface area contributed by atoms with Crippen LogP contribution in [0.4, 0.5) is 5.69 Å². The molecule has 3 aromatic carbocycles. The Morgan fingerprint density at radius 3 is 2.50 bits per heavy atom. The first-order valence-corrected chi connectivity index (χ1v) is 11.8. The van der Waals surface area contributed by atoms with Gasteiger partial charge in [-0.3, -0.25) is 9.36 Å². The lowest BCUT2D eigenvalue weighted by Gasteiger charge is -2.13. The molecule has 0 aliphatic rings. The topological polar surface area (TPSA) is 78.3 Å². The largest absolute Gasteiger partial charge is 0.497 e. The number of halogens is 1. The molecule has 4 aromatic rings. The summed E-state index contributed by atoms with van der Waals surface area (Å²) in [7, 11) is 3.12. The Morgan fingerprint density at radius 2 is 1.79 bits per heavy atom. The van der Waals surface area contributed by atoms with Crippen LogP contribution in [0.1, 0.15) is 5.56 Å². The summed E-state index contributed by atoms with van der Waals surface area (Å²) in [6, 6.07) is 20.6. The van der Waals surface area contributed by atoms with Crippen LogP contribution in [0.2, 0.25) is 5.02 Å². The molecule has 0 spiro atoms. The number of ether oxygens (including phenoxy) is 2. The lowest BCUT2D eigenvalue weighted by atomic mass is 10.1. The summed E-state index contributed by atoms with van der Waals surface area (Å²) in [5, 5.41) is 12.9. The Kier molecular flexibility index (Phi) is 7.40. The summed E-state index contributed by atoms with van der Waals surface area (Å²) < 4.78 is 12.6. The van der Waals surface area contributed by atoms with E-state index >= 15 is 0 Å². The summed E-state index contributed by atoms with van der Waals surface area (Å²) in [5.41, 5.74) is 3.41. The fourth-order valence-corrected chi connectivity index (χ4v) is 4.28. The van der Waals surface area contributed by atoms with Crippen molar-refractivity contribution in [2.45, 2.75) is 12.1 Å². The maximum atomic E-state index is 12.8. The Morgan fingerprint density at radius 1 is 1.03 bits per heavy atom. The maximum Gasteiger partial charge on any atom is 0.234 e. The predicted octanol–water partition coefficient (Wildman–Crippen LogP) is 5.64. The van der Waals surface area contributed by atoms with Gasteiger partial charge in [0.1, 0.15) is 11.5 Å². The quantitative estimate of drug-likeness (QED) is 0.319. The Hall–Kier alpha value is -3.49. The summed E-state index contributed by atoms with van der Waals surface area (Å²) in [6.45, 7) is 2.02. The average Bonchev–Trinajstić information content (AvgIpc) is 3.27. The summed E-state index contributed by atoms with van der Waals surface area (Å²) in [6.07, 6.45) is 0. The second kappa shape index (κ2) is 10.6. The monoisotopic (exact) mass is 494 g/mol. The summed E-state index contributed by atoms with van der Waals surface area (Å²) in [5.74, 6) is 1.76. The summed E-state index contributed by atoms with van der Waals surface area (Å²) >= 11 is 7.37. The number of para-hydroxylation sites is 1. The highest BCUT2D eigenvalue weighted by Gasteiger charge is 2.19. The van der Waals surface area contributed by atoms with E-state index in [9.17, 15) is 4.79 Å². The molecule has 0 aliphatic carbocycles. The molecule has 0 saturated carbocycles. The lowest BCUT2D eigenvalue weighted by molar-refractivity contribution is -0.113. The van der Waals surface area contributed by atoms with Gasteiger partial charge in [-0.25, -0.2) is 0 Å². The number of aryl methyl sites for hydroxylation is 1. The van der Waals surface area contributed by atoms with E-state index in [2.05, 4.69) is 15.5 Å². The molecule has 7 nitrogen and oxygen atoms in total. The highest BCUT2D eigenvalue weighted by Crippen LogP contribution is 2.31. The number of benzene rings is 3. The number of aromatic nitrogens is 3. The molecule has 0 aliphatic heterocycles. The number of methoxy groups -OCH3 is 2. The molecule has 0 saturated heterocycles. The van der Waals surface area contributed by atoms with E-state index in [1.807, 2.05) is 60.0 Å². The molecule has 34 heavy (non-hydrogen) atoms. The number of hydrogen-bond acceptors (Lipinski definition) is 6. The number of amides is 1. The van der Waals surface area contributed by atoms with E-state index in [-0.39, 0.29) is 11.7 Å². The van der Waals surface area contributed by atoms with E-state index in [1.54, 1.807) is 32.4 Å². The van der Waals surface area contributed by atoms with Crippen LogP contribution in [0.25, 0.3) is 17.1 Å². The van der Waals surface area contributed by atoms with Crippen molar-refractivity contribution < 1.29 is 14.3 Å². The Labute approximate surface area is 207 Å². The van der Waals surface area contributed by atoms with Gasteiger partial charge in [-0.1, -0.05) is 41.6 Å². The minimum Gasteiger partial charge on any atom is -0.497 e.